The van der Waals surface area contributed by atoms with Crippen molar-refractivity contribution in [2.75, 3.05) is 38.4 Å². The monoisotopic (exact) mass is 1050 g/mol. The van der Waals surface area contributed by atoms with E-state index < -0.39 is 118 Å². The van der Waals surface area contributed by atoms with Gasteiger partial charge in [-0.15, -0.1) is 6.58 Å². The Balaban J connectivity index is 1.43. The third-order valence-corrected chi connectivity index (χ3v) is 11.4. The Labute approximate surface area is 425 Å². The maximum Gasteiger partial charge on any atom is 0.475 e. The van der Waals surface area contributed by atoms with Gasteiger partial charge < -0.3 is 39.1 Å². The average molecular weight is 1050 g/mol. The number of benzene rings is 2. The van der Waals surface area contributed by atoms with Crippen molar-refractivity contribution in [2.45, 2.75) is 83.7 Å². The number of ether oxygens (including phenoxy) is 6. The number of hydrazine groups is 1. The van der Waals surface area contributed by atoms with Gasteiger partial charge in [0.15, 0.2) is 0 Å². The molecule has 2 heterocycles. The molecule has 0 bridgehead atoms. The van der Waals surface area contributed by atoms with Gasteiger partial charge in [0, 0.05) is 19.5 Å². The molecule has 1 fully saturated rings. The third kappa shape index (κ3) is 19.8. The number of hydrogen-bond donors (Lipinski definition) is 5. The van der Waals surface area contributed by atoms with Crippen molar-refractivity contribution in [1.82, 2.24) is 31.0 Å². The van der Waals surface area contributed by atoms with Crippen LogP contribution in [0.4, 0.5) is 15.4 Å². The first-order valence-electron chi connectivity index (χ1n) is 22.8. The van der Waals surface area contributed by atoms with Gasteiger partial charge in [-0.2, -0.15) is 4.98 Å². The van der Waals surface area contributed by atoms with E-state index in [4.69, 9.17) is 42.0 Å². The third-order valence-electron chi connectivity index (χ3n) is 10.0. The fourth-order valence-corrected chi connectivity index (χ4v) is 7.62. The van der Waals surface area contributed by atoms with Crippen molar-refractivity contribution in [3.8, 4) is 5.75 Å². The van der Waals surface area contributed by atoms with Crippen LogP contribution in [0.25, 0.3) is 0 Å². The quantitative estimate of drug-likeness (QED) is 0.0165. The number of amides is 4. The van der Waals surface area contributed by atoms with Crippen LogP contribution in [0.1, 0.15) is 51.5 Å². The molecular weight excluding hydrogens is 994 g/mol. The second kappa shape index (κ2) is 29.8. The summed E-state index contributed by atoms with van der Waals surface area (Å²) in [5.41, 5.74) is 5.32. The molecule has 74 heavy (non-hydrogen) atoms. The minimum atomic E-state index is -4.78. The van der Waals surface area contributed by atoms with Gasteiger partial charge in [-0.25, -0.2) is 29.2 Å². The Morgan fingerprint density at radius 1 is 0.824 bits per heavy atom. The fraction of sp³-hybridized carbons (Fsp3) is 0.396. The van der Waals surface area contributed by atoms with Crippen molar-refractivity contribution in [2.24, 2.45) is 5.92 Å². The number of hydrogen-bond acceptors (Lipinski definition) is 20. The van der Waals surface area contributed by atoms with E-state index in [1.807, 2.05) is 18.2 Å². The topological polar surface area (TPSA) is 315 Å². The minimum absolute atomic E-state index is 0.0765. The lowest BCUT2D eigenvalue weighted by Gasteiger charge is -2.27. The molecule has 0 aliphatic carbocycles. The van der Waals surface area contributed by atoms with Crippen LogP contribution in [-0.2, 0) is 78.8 Å². The molecule has 0 spiro atoms. The standard InChI is InChI=1S/C48H60N7O18P/c1-8-22-65-45(60)31(6)49-43(58)36(50-44(59)42(30(4)5)53-54-48(63)67-27-34-16-18-35(19-17-34)72-41(57)25-33-14-12-11-13-15-33)28-69-74(64,68-24-10-3)70-29-38-37(71-32(7)56)26-40(73-38)55-21-20-39(51-46(55)61)52-47(62)66-23-9-2/h8-21,30-31,36-38,40,42,53H,1-3,22-29H2,4-7H3,(H,49,58)(H,50,59)(H,54,63)(H,51,52,61,62)/t31-,36-,37-,38+,40+,42-,74?/m0/s1. The molecule has 4 amide bonds. The van der Waals surface area contributed by atoms with E-state index in [1.165, 1.54) is 49.5 Å². The number of anilines is 1. The van der Waals surface area contributed by atoms with Crippen molar-refractivity contribution in [3.05, 3.63) is 126 Å². The molecule has 1 aliphatic heterocycles. The van der Waals surface area contributed by atoms with E-state index in [0.717, 1.165) is 17.1 Å². The zero-order chi connectivity index (χ0) is 54.2. The van der Waals surface area contributed by atoms with E-state index in [9.17, 15) is 42.9 Å². The summed E-state index contributed by atoms with van der Waals surface area (Å²) in [7, 11) is -4.78. The Hall–Kier alpha value is -7.54. The van der Waals surface area contributed by atoms with E-state index in [2.05, 4.69) is 51.5 Å². The van der Waals surface area contributed by atoms with Crippen LogP contribution in [0.2, 0.25) is 0 Å². The summed E-state index contributed by atoms with van der Waals surface area (Å²) < 4.78 is 63.8. The van der Waals surface area contributed by atoms with Gasteiger partial charge in [-0.1, -0.05) is 87.7 Å². The van der Waals surface area contributed by atoms with Crippen LogP contribution in [-0.4, -0.2) is 115 Å². The first-order valence-corrected chi connectivity index (χ1v) is 24.3. The number of phosphoric acid groups is 1. The zero-order valence-corrected chi connectivity index (χ0v) is 42.0. The largest absolute Gasteiger partial charge is 0.475 e. The number of carbonyl (C=O) groups is 7. The zero-order valence-electron chi connectivity index (χ0n) is 41.1. The molecule has 26 heteroatoms. The minimum Gasteiger partial charge on any atom is -0.460 e. The highest BCUT2D eigenvalue weighted by Gasteiger charge is 2.42. The van der Waals surface area contributed by atoms with Crippen molar-refractivity contribution in [1.29, 1.82) is 0 Å². The Morgan fingerprint density at radius 2 is 1.51 bits per heavy atom. The normalized spacial score (nSPS) is 16.9. The molecule has 1 aromatic heterocycles. The molecule has 7 atom stereocenters. The molecule has 4 rings (SSSR count). The molecule has 25 nitrogen and oxygen atoms in total. The van der Waals surface area contributed by atoms with Crippen LogP contribution in [0.5, 0.6) is 5.75 Å². The highest BCUT2D eigenvalue weighted by atomic mass is 31.2. The summed E-state index contributed by atoms with van der Waals surface area (Å²) >= 11 is 0. The summed E-state index contributed by atoms with van der Waals surface area (Å²) in [5.74, 6) is -4.38. The number of carbonyl (C=O) groups excluding carboxylic acids is 7. The van der Waals surface area contributed by atoms with Crippen LogP contribution in [0, 0.1) is 5.92 Å². The molecule has 0 saturated carbocycles. The average Bonchev–Trinajstić information content (AvgIpc) is 3.75. The van der Waals surface area contributed by atoms with Gasteiger partial charge >= 0.3 is 43.6 Å². The number of nitrogens with one attached hydrogen (secondary N) is 5. The summed E-state index contributed by atoms with van der Waals surface area (Å²) in [6.45, 7) is 13.7. The second-order valence-electron chi connectivity index (χ2n) is 16.2. The lowest BCUT2D eigenvalue weighted by molar-refractivity contribution is -0.150. The van der Waals surface area contributed by atoms with Crippen molar-refractivity contribution < 1.29 is 80.1 Å². The van der Waals surface area contributed by atoms with Gasteiger partial charge in [0.2, 0.25) is 11.8 Å². The predicted molar refractivity (Wildman–Crippen MR) is 261 cm³/mol. The Bertz CT molecular complexity index is 2540. The van der Waals surface area contributed by atoms with Crippen molar-refractivity contribution >= 4 is 55.5 Å². The van der Waals surface area contributed by atoms with Crippen LogP contribution in [0.3, 0.4) is 0 Å². The van der Waals surface area contributed by atoms with Gasteiger partial charge in [-0.3, -0.25) is 48.1 Å². The maximum atomic E-state index is 14.2. The summed E-state index contributed by atoms with van der Waals surface area (Å²) in [5, 5.41) is 7.16. The first-order chi connectivity index (χ1) is 35.3. The molecule has 5 N–H and O–H groups in total. The fourth-order valence-electron chi connectivity index (χ4n) is 6.45. The van der Waals surface area contributed by atoms with Gasteiger partial charge in [0.05, 0.1) is 26.2 Å². The SMILES string of the molecule is C=CCOC(=O)Nc1ccn([C@H]2C[C@H](OC(C)=O)[C@@H](COP(=O)(OCC=C)OC[C@H](NC(=O)[C@@H](NNC(=O)OCc3ccc(OC(=O)Cc4ccccc4)cc3)C(C)C)C(=O)N[C@@H](C)C(=O)OCC=C)O2)c(=O)n1. The lowest BCUT2D eigenvalue weighted by Crippen LogP contribution is -2.59. The van der Waals surface area contributed by atoms with Gasteiger partial charge in [-0.05, 0) is 42.2 Å². The molecule has 1 saturated heterocycles. The van der Waals surface area contributed by atoms with Crippen LogP contribution >= 0.6 is 7.82 Å². The Morgan fingerprint density at radius 3 is 2.16 bits per heavy atom. The van der Waals surface area contributed by atoms with Gasteiger partial charge in [0.25, 0.3) is 0 Å². The summed E-state index contributed by atoms with van der Waals surface area (Å²) in [6, 6.07) is 12.3. The predicted octanol–water partition coefficient (Wildman–Crippen LogP) is 3.86. The molecule has 400 valence electrons. The summed E-state index contributed by atoms with van der Waals surface area (Å²) in [6.07, 6.45) is -0.221. The highest BCUT2D eigenvalue weighted by molar-refractivity contribution is 7.48. The smallest absolute Gasteiger partial charge is 0.460 e. The number of phosphoric ester groups is 1. The highest BCUT2D eigenvalue weighted by Crippen LogP contribution is 2.50. The number of nitrogens with zero attached hydrogens (tertiary/aromatic N) is 2. The maximum absolute atomic E-state index is 14.2. The number of aromatic nitrogens is 2. The molecule has 2 aromatic carbocycles. The summed E-state index contributed by atoms with van der Waals surface area (Å²) in [4.78, 5) is 106. The van der Waals surface area contributed by atoms with Crippen LogP contribution in [0.15, 0.2) is 110 Å². The number of esters is 3. The molecule has 1 aliphatic rings. The molecule has 0 radical (unpaired) electrons. The van der Waals surface area contributed by atoms with E-state index in [1.54, 1.807) is 38.1 Å². The first kappa shape index (κ1) is 59.0. The second-order valence-corrected chi connectivity index (χ2v) is 17.9. The van der Waals surface area contributed by atoms with Crippen LogP contribution < -0.4 is 37.2 Å². The van der Waals surface area contributed by atoms with Gasteiger partial charge in [0.1, 0.15) is 67.9 Å². The molecule has 1 unspecified atom stereocenters. The van der Waals surface area contributed by atoms with E-state index in [-0.39, 0.29) is 44.2 Å². The Kier molecular flexibility index (Phi) is 23.8. The van der Waals surface area contributed by atoms with E-state index in [0.29, 0.717) is 5.56 Å². The number of rotatable bonds is 29. The molecular formula is C48H60N7O18P. The van der Waals surface area contributed by atoms with E-state index >= 15 is 0 Å². The lowest BCUT2D eigenvalue weighted by atomic mass is 10.0. The van der Waals surface area contributed by atoms with Crippen molar-refractivity contribution in [3.63, 3.8) is 0 Å². The molecule has 3 aromatic rings.